The number of phenols is 1. The highest BCUT2D eigenvalue weighted by atomic mass is 16.5. The maximum atomic E-state index is 11.2. The number of hydrogen-bond donors (Lipinski definition) is 4. The van der Waals surface area contributed by atoms with Crippen molar-refractivity contribution in [2.24, 2.45) is 5.73 Å². The van der Waals surface area contributed by atoms with Crippen LogP contribution in [-0.4, -0.2) is 68.9 Å². The molecule has 0 heterocycles. The van der Waals surface area contributed by atoms with Gasteiger partial charge in [0, 0.05) is 20.2 Å². The Morgan fingerprint density at radius 3 is 2.30 bits per heavy atom. The van der Waals surface area contributed by atoms with E-state index in [9.17, 15) is 15.0 Å². The number of ether oxygens (including phenoxy) is 4. The lowest BCUT2D eigenvalue weighted by Crippen LogP contribution is -2.33. The van der Waals surface area contributed by atoms with Gasteiger partial charge in [-0.3, -0.25) is 4.79 Å². The van der Waals surface area contributed by atoms with Crippen molar-refractivity contribution >= 4 is 5.91 Å². The van der Waals surface area contributed by atoms with Crippen molar-refractivity contribution < 1.29 is 34.0 Å². The number of nitrogens with two attached hydrogens (primary N) is 1. The fourth-order valence-corrected chi connectivity index (χ4v) is 2.44. The quantitative estimate of drug-likeness (QED) is 0.332. The van der Waals surface area contributed by atoms with E-state index in [4.69, 9.17) is 24.7 Å². The van der Waals surface area contributed by atoms with Gasteiger partial charge >= 0.3 is 0 Å². The minimum Gasteiger partial charge on any atom is -0.507 e. The van der Waals surface area contributed by atoms with Crippen LogP contribution in [0.15, 0.2) is 42.5 Å². The van der Waals surface area contributed by atoms with E-state index < -0.39 is 12.0 Å². The molecule has 0 fully saturated rings. The van der Waals surface area contributed by atoms with Gasteiger partial charge < -0.3 is 40.2 Å². The average Bonchev–Trinajstić information content (AvgIpc) is 2.74. The maximum absolute atomic E-state index is 11.2. The van der Waals surface area contributed by atoms with Crippen LogP contribution in [0.3, 0.4) is 0 Å². The van der Waals surface area contributed by atoms with Crippen LogP contribution in [0.4, 0.5) is 0 Å². The number of carbonyl (C=O) groups excluding carboxylic acids is 1. The number of methoxy groups -OCH3 is 1. The van der Waals surface area contributed by atoms with E-state index in [0.717, 1.165) is 5.75 Å². The molecule has 0 aliphatic carbocycles. The first-order valence-electron chi connectivity index (χ1n) is 9.48. The Hall–Kier alpha value is -3.01. The van der Waals surface area contributed by atoms with Gasteiger partial charge in [-0.05, 0) is 42.5 Å². The van der Waals surface area contributed by atoms with Gasteiger partial charge in [0.15, 0.2) is 0 Å². The highest BCUT2D eigenvalue weighted by Gasteiger charge is 2.09. The number of amides is 1. The molecule has 0 unspecified atom stereocenters. The van der Waals surface area contributed by atoms with Crippen molar-refractivity contribution in [2.75, 3.05) is 46.6 Å². The molecule has 1 atom stereocenters. The molecule has 30 heavy (non-hydrogen) atoms. The second-order valence-electron chi connectivity index (χ2n) is 6.37. The van der Waals surface area contributed by atoms with E-state index in [1.165, 1.54) is 12.1 Å². The van der Waals surface area contributed by atoms with Crippen LogP contribution < -0.4 is 25.3 Å². The molecule has 0 saturated carbocycles. The number of rotatable bonds is 14. The fraction of sp³-hybridized carbons (Fsp3) is 0.381. The standard InChI is InChI=1S/C21H28N2O7/c1-27-10-11-29-16-2-4-17(5-3-16)30-14-15(24)13-23-8-9-28-18-6-7-20(25)19(12-18)21(22)26/h2-7,12,15,23-25H,8-11,13-14H2,1H3,(H2,22,26)/t15-/m0/s1. The predicted molar refractivity (Wildman–Crippen MR) is 110 cm³/mol. The van der Waals surface area contributed by atoms with Crippen LogP contribution in [0.5, 0.6) is 23.0 Å². The number of nitrogens with one attached hydrogen (secondary N) is 1. The van der Waals surface area contributed by atoms with Gasteiger partial charge in [-0.1, -0.05) is 0 Å². The SMILES string of the molecule is COCCOc1ccc(OC[C@@H](O)CNCCOc2ccc(O)c(C(N)=O)c2)cc1. The summed E-state index contributed by atoms with van der Waals surface area (Å²) in [5.41, 5.74) is 5.18. The van der Waals surface area contributed by atoms with Crippen molar-refractivity contribution in [1.82, 2.24) is 5.32 Å². The number of benzene rings is 2. The number of hydrogen-bond acceptors (Lipinski definition) is 8. The van der Waals surface area contributed by atoms with Gasteiger partial charge in [0.25, 0.3) is 5.91 Å². The lowest BCUT2D eigenvalue weighted by molar-refractivity contribution is 0.0996. The Bertz CT molecular complexity index is 783. The van der Waals surface area contributed by atoms with Crippen LogP contribution in [0.1, 0.15) is 10.4 Å². The summed E-state index contributed by atoms with van der Waals surface area (Å²) >= 11 is 0. The molecule has 0 aliphatic heterocycles. The molecule has 1 amide bonds. The highest BCUT2D eigenvalue weighted by molar-refractivity contribution is 5.95. The molecular formula is C21H28N2O7. The summed E-state index contributed by atoms with van der Waals surface area (Å²) < 4.78 is 21.4. The number of aliphatic hydroxyl groups is 1. The third kappa shape index (κ3) is 8.16. The molecule has 2 rings (SSSR count). The van der Waals surface area contributed by atoms with Crippen LogP contribution in [0, 0.1) is 0 Å². The smallest absolute Gasteiger partial charge is 0.252 e. The van der Waals surface area contributed by atoms with Gasteiger partial charge in [-0.15, -0.1) is 0 Å². The van der Waals surface area contributed by atoms with E-state index in [2.05, 4.69) is 5.32 Å². The zero-order chi connectivity index (χ0) is 21.8. The van der Waals surface area contributed by atoms with E-state index in [-0.39, 0.29) is 17.9 Å². The van der Waals surface area contributed by atoms with Gasteiger partial charge in [-0.25, -0.2) is 0 Å². The van der Waals surface area contributed by atoms with Crippen LogP contribution in [0.2, 0.25) is 0 Å². The zero-order valence-electron chi connectivity index (χ0n) is 16.9. The summed E-state index contributed by atoms with van der Waals surface area (Å²) in [7, 11) is 1.62. The second-order valence-corrected chi connectivity index (χ2v) is 6.37. The lowest BCUT2D eigenvalue weighted by atomic mass is 10.2. The van der Waals surface area contributed by atoms with E-state index >= 15 is 0 Å². The van der Waals surface area contributed by atoms with Gasteiger partial charge in [0.05, 0.1) is 12.2 Å². The maximum Gasteiger partial charge on any atom is 0.252 e. The Morgan fingerprint density at radius 1 is 1.00 bits per heavy atom. The molecule has 9 nitrogen and oxygen atoms in total. The van der Waals surface area contributed by atoms with Gasteiger partial charge in [0.2, 0.25) is 0 Å². The number of aromatic hydroxyl groups is 1. The minimum absolute atomic E-state index is 0.00241. The molecule has 0 aliphatic rings. The Labute approximate surface area is 175 Å². The molecule has 0 aromatic heterocycles. The van der Waals surface area contributed by atoms with E-state index in [1.54, 1.807) is 37.4 Å². The molecule has 5 N–H and O–H groups in total. The van der Waals surface area contributed by atoms with Crippen molar-refractivity contribution in [3.63, 3.8) is 0 Å². The normalized spacial score (nSPS) is 11.7. The van der Waals surface area contributed by atoms with E-state index in [0.29, 0.717) is 44.4 Å². The summed E-state index contributed by atoms with van der Waals surface area (Å²) in [6, 6.07) is 11.4. The number of carbonyl (C=O) groups is 1. The Balaban J connectivity index is 1.60. The van der Waals surface area contributed by atoms with Crippen LogP contribution >= 0.6 is 0 Å². The summed E-state index contributed by atoms with van der Waals surface area (Å²) in [6.07, 6.45) is -0.697. The van der Waals surface area contributed by atoms with Crippen molar-refractivity contribution in [1.29, 1.82) is 0 Å². The first-order chi connectivity index (χ1) is 14.5. The molecule has 164 valence electrons. The zero-order valence-corrected chi connectivity index (χ0v) is 16.9. The Kier molecular flexibility index (Phi) is 9.72. The first kappa shape index (κ1) is 23.3. The molecular weight excluding hydrogens is 392 g/mol. The summed E-state index contributed by atoms with van der Waals surface area (Å²) in [5.74, 6) is 0.853. The van der Waals surface area contributed by atoms with Gasteiger partial charge in [0.1, 0.15) is 48.9 Å². The lowest BCUT2D eigenvalue weighted by Gasteiger charge is -2.14. The molecule has 0 bridgehead atoms. The average molecular weight is 420 g/mol. The van der Waals surface area contributed by atoms with Crippen molar-refractivity contribution in [2.45, 2.75) is 6.10 Å². The third-order valence-electron chi connectivity index (χ3n) is 3.98. The molecule has 0 spiro atoms. The van der Waals surface area contributed by atoms with Crippen molar-refractivity contribution in [3.05, 3.63) is 48.0 Å². The van der Waals surface area contributed by atoms with Gasteiger partial charge in [-0.2, -0.15) is 0 Å². The van der Waals surface area contributed by atoms with Crippen LogP contribution in [-0.2, 0) is 4.74 Å². The minimum atomic E-state index is -0.729. The molecule has 9 heteroatoms. The molecule has 0 saturated heterocycles. The largest absolute Gasteiger partial charge is 0.507 e. The highest BCUT2D eigenvalue weighted by Crippen LogP contribution is 2.22. The Morgan fingerprint density at radius 2 is 1.63 bits per heavy atom. The molecule has 0 radical (unpaired) electrons. The summed E-state index contributed by atoms with van der Waals surface area (Å²) in [5, 5.41) is 22.6. The molecule has 2 aromatic rings. The monoisotopic (exact) mass is 420 g/mol. The fourth-order valence-electron chi connectivity index (χ4n) is 2.44. The van der Waals surface area contributed by atoms with Crippen LogP contribution in [0.25, 0.3) is 0 Å². The predicted octanol–water partition coefficient (Wildman–Crippen LogP) is 0.925. The third-order valence-corrected chi connectivity index (χ3v) is 3.98. The molecule has 2 aromatic carbocycles. The second kappa shape index (κ2) is 12.5. The number of aliphatic hydroxyl groups excluding tert-OH is 1. The summed E-state index contributed by atoms with van der Waals surface area (Å²) in [6.45, 7) is 2.23. The number of primary amides is 1. The van der Waals surface area contributed by atoms with Crippen molar-refractivity contribution in [3.8, 4) is 23.0 Å². The summed E-state index contributed by atoms with van der Waals surface area (Å²) in [4.78, 5) is 11.2. The first-order valence-corrected chi connectivity index (χ1v) is 9.48. The van der Waals surface area contributed by atoms with E-state index in [1.807, 2.05) is 0 Å². The topological polar surface area (TPSA) is 132 Å².